The molecular formula is C14H21N5O. The number of amides is 1. The van der Waals surface area contributed by atoms with Crippen molar-refractivity contribution in [2.45, 2.75) is 31.8 Å². The van der Waals surface area contributed by atoms with Crippen molar-refractivity contribution < 1.29 is 4.79 Å². The fraction of sp³-hybridized carbons (Fsp3) is 0.643. The van der Waals surface area contributed by atoms with Crippen LogP contribution in [0.15, 0.2) is 12.4 Å². The molecule has 0 spiro atoms. The lowest BCUT2D eigenvalue weighted by Gasteiger charge is -2.42. The zero-order valence-corrected chi connectivity index (χ0v) is 12.0. The van der Waals surface area contributed by atoms with Crippen LogP contribution in [0, 0.1) is 0 Å². The van der Waals surface area contributed by atoms with Crippen LogP contribution in [-0.2, 0) is 0 Å². The van der Waals surface area contributed by atoms with Crippen molar-refractivity contribution in [3.8, 4) is 0 Å². The Morgan fingerprint density at radius 2 is 2.20 bits per heavy atom. The maximum atomic E-state index is 12.6. The molecule has 0 aromatic carbocycles. The van der Waals surface area contributed by atoms with Gasteiger partial charge in [-0.2, -0.15) is 0 Å². The zero-order chi connectivity index (χ0) is 14.1. The number of fused-ring (bicyclic) bond motifs is 1. The normalized spacial score (nSPS) is 26.4. The highest BCUT2D eigenvalue weighted by atomic mass is 16.2. The van der Waals surface area contributed by atoms with E-state index in [1.54, 1.807) is 19.4 Å². The summed E-state index contributed by atoms with van der Waals surface area (Å²) in [5.41, 5.74) is 0.433. The van der Waals surface area contributed by atoms with E-state index in [9.17, 15) is 4.79 Å². The molecule has 0 aliphatic carbocycles. The highest BCUT2D eigenvalue weighted by Crippen LogP contribution is 2.25. The fourth-order valence-electron chi connectivity index (χ4n) is 3.18. The van der Waals surface area contributed by atoms with Gasteiger partial charge in [0.1, 0.15) is 11.5 Å². The first kappa shape index (κ1) is 13.3. The standard InChI is InChI=1S/C14H21N5O/c1-10-8-18-5-3-4-11(18)9-19(10)14(20)12-6-17-13(15-2)7-16-12/h6-7,10-11H,3-5,8-9H2,1-2H3,(H,15,17). The van der Waals surface area contributed by atoms with E-state index in [1.165, 1.54) is 19.4 Å². The lowest BCUT2D eigenvalue weighted by Crippen LogP contribution is -2.56. The average molecular weight is 275 g/mol. The summed E-state index contributed by atoms with van der Waals surface area (Å²) in [6.45, 7) is 5.07. The van der Waals surface area contributed by atoms with Crippen LogP contribution in [0.4, 0.5) is 5.82 Å². The van der Waals surface area contributed by atoms with Crippen LogP contribution >= 0.6 is 0 Å². The maximum Gasteiger partial charge on any atom is 0.274 e. The molecule has 108 valence electrons. The summed E-state index contributed by atoms with van der Waals surface area (Å²) in [7, 11) is 1.78. The summed E-state index contributed by atoms with van der Waals surface area (Å²) < 4.78 is 0. The second-order valence-corrected chi connectivity index (χ2v) is 5.63. The number of nitrogens with one attached hydrogen (secondary N) is 1. The lowest BCUT2D eigenvalue weighted by atomic mass is 10.1. The highest BCUT2D eigenvalue weighted by Gasteiger charge is 2.37. The van der Waals surface area contributed by atoms with E-state index in [1.807, 2.05) is 4.90 Å². The van der Waals surface area contributed by atoms with Crippen molar-refractivity contribution in [2.75, 3.05) is 32.0 Å². The van der Waals surface area contributed by atoms with Gasteiger partial charge in [0.15, 0.2) is 0 Å². The third kappa shape index (κ3) is 2.35. The molecular weight excluding hydrogens is 254 g/mol. The van der Waals surface area contributed by atoms with Crippen LogP contribution < -0.4 is 5.32 Å². The van der Waals surface area contributed by atoms with Crippen molar-refractivity contribution in [1.29, 1.82) is 0 Å². The van der Waals surface area contributed by atoms with E-state index in [0.717, 1.165) is 13.1 Å². The summed E-state index contributed by atoms with van der Waals surface area (Å²) in [6.07, 6.45) is 5.60. The van der Waals surface area contributed by atoms with Gasteiger partial charge >= 0.3 is 0 Å². The predicted octanol–water partition coefficient (Wildman–Crippen LogP) is 0.827. The van der Waals surface area contributed by atoms with Crippen LogP contribution in [0.25, 0.3) is 0 Å². The van der Waals surface area contributed by atoms with Gasteiger partial charge < -0.3 is 10.2 Å². The molecule has 2 atom stereocenters. The molecule has 1 aromatic rings. The Morgan fingerprint density at radius 3 is 2.90 bits per heavy atom. The molecule has 0 radical (unpaired) electrons. The number of nitrogens with zero attached hydrogens (tertiary/aromatic N) is 4. The molecule has 20 heavy (non-hydrogen) atoms. The third-order valence-electron chi connectivity index (χ3n) is 4.33. The molecule has 2 aliphatic rings. The van der Waals surface area contributed by atoms with Crippen molar-refractivity contribution in [3.05, 3.63) is 18.1 Å². The first-order valence-electron chi connectivity index (χ1n) is 7.24. The largest absolute Gasteiger partial charge is 0.372 e. The van der Waals surface area contributed by atoms with Gasteiger partial charge in [-0.1, -0.05) is 0 Å². The van der Waals surface area contributed by atoms with E-state index < -0.39 is 0 Å². The molecule has 0 bridgehead atoms. The molecule has 2 saturated heterocycles. The maximum absolute atomic E-state index is 12.6. The molecule has 2 unspecified atom stereocenters. The second-order valence-electron chi connectivity index (χ2n) is 5.63. The lowest BCUT2D eigenvalue weighted by molar-refractivity contribution is 0.0390. The quantitative estimate of drug-likeness (QED) is 0.866. The fourth-order valence-corrected chi connectivity index (χ4v) is 3.18. The zero-order valence-electron chi connectivity index (χ0n) is 12.0. The number of piperazine rings is 1. The molecule has 2 fully saturated rings. The first-order valence-corrected chi connectivity index (χ1v) is 7.24. The number of carbonyl (C=O) groups excluding carboxylic acids is 1. The van der Waals surface area contributed by atoms with Gasteiger partial charge in [-0.05, 0) is 26.3 Å². The van der Waals surface area contributed by atoms with Gasteiger partial charge in [0, 0.05) is 32.2 Å². The Hall–Kier alpha value is -1.69. The summed E-state index contributed by atoms with van der Waals surface area (Å²) in [5, 5.41) is 2.91. The summed E-state index contributed by atoms with van der Waals surface area (Å²) in [6, 6.07) is 0.766. The molecule has 0 saturated carbocycles. The average Bonchev–Trinajstić information content (AvgIpc) is 2.93. The molecule has 6 heteroatoms. The Morgan fingerprint density at radius 1 is 1.35 bits per heavy atom. The van der Waals surface area contributed by atoms with Crippen molar-refractivity contribution in [3.63, 3.8) is 0 Å². The third-order valence-corrected chi connectivity index (χ3v) is 4.33. The minimum Gasteiger partial charge on any atom is -0.372 e. The number of anilines is 1. The molecule has 1 amide bonds. The number of carbonyl (C=O) groups is 1. The van der Waals surface area contributed by atoms with Crippen molar-refractivity contribution >= 4 is 11.7 Å². The predicted molar refractivity (Wildman–Crippen MR) is 76.7 cm³/mol. The Kier molecular flexibility index (Phi) is 3.56. The van der Waals surface area contributed by atoms with Crippen LogP contribution in [0.1, 0.15) is 30.3 Å². The van der Waals surface area contributed by atoms with Gasteiger partial charge in [-0.15, -0.1) is 0 Å². The second kappa shape index (κ2) is 5.36. The first-order chi connectivity index (χ1) is 9.69. The van der Waals surface area contributed by atoms with Gasteiger partial charge in [0.25, 0.3) is 5.91 Å². The van der Waals surface area contributed by atoms with Crippen LogP contribution in [0.5, 0.6) is 0 Å². The molecule has 1 N–H and O–H groups in total. The molecule has 1 aromatic heterocycles. The molecule has 6 nitrogen and oxygen atoms in total. The van der Waals surface area contributed by atoms with E-state index in [2.05, 4.69) is 27.1 Å². The summed E-state index contributed by atoms with van der Waals surface area (Å²) in [4.78, 5) is 25.4. The molecule has 2 aliphatic heterocycles. The van der Waals surface area contributed by atoms with Crippen molar-refractivity contribution in [1.82, 2.24) is 19.8 Å². The minimum absolute atomic E-state index is 0.000738. The number of hydrogen-bond acceptors (Lipinski definition) is 5. The smallest absolute Gasteiger partial charge is 0.274 e. The van der Waals surface area contributed by atoms with E-state index in [0.29, 0.717) is 17.6 Å². The Labute approximate surface area is 119 Å². The number of hydrogen-bond donors (Lipinski definition) is 1. The van der Waals surface area contributed by atoms with Gasteiger partial charge in [-0.3, -0.25) is 9.69 Å². The summed E-state index contributed by atoms with van der Waals surface area (Å²) >= 11 is 0. The van der Waals surface area contributed by atoms with Gasteiger partial charge in [0.2, 0.25) is 0 Å². The monoisotopic (exact) mass is 275 g/mol. The minimum atomic E-state index is -0.000738. The summed E-state index contributed by atoms with van der Waals surface area (Å²) in [5.74, 6) is 0.675. The Bertz CT molecular complexity index is 489. The SMILES string of the molecule is CNc1cnc(C(=O)N2CC3CCCN3CC2C)cn1. The number of aromatic nitrogens is 2. The number of rotatable bonds is 2. The van der Waals surface area contributed by atoms with E-state index >= 15 is 0 Å². The highest BCUT2D eigenvalue weighted by molar-refractivity contribution is 5.92. The van der Waals surface area contributed by atoms with Crippen LogP contribution in [-0.4, -0.2) is 64.4 Å². The van der Waals surface area contributed by atoms with Gasteiger partial charge in [0.05, 0.1) is 12.4 Å². The van der Waals surface area contributed by atoms with E-state index in [-0.39, 0.29) is 11.9 Å². The van der Waals surface area contributed by atoms with Crippen molar-refractivity contribution in [2.24, 2.45) is 0 Å². The Balaban J connectivity index is 1.75. The van der Waals surface area contributed by atoms with Gasteiger partial charge in [-0.25, -0.2) is 9.97 Å². The van der Waals surface area contributed by atoms with Crippen LogP contribution in [0.2, 0.25) is 0 Å². The van der Waals surface area contributed by atoms with Crippen LogP contribution in [0.3, 0.4) is 0 Å². The molecule has 3 heterocycles. The van der Waals surface area contributed by atoms with E-state index in [4.69, 9.17) is 0 Å². The topological polar surface area (TPSA) is 61.4 Å². The molecule has 3 rings (SSSR count).